The van der Waals surface area contributed by atoms with Gasteiger partial charge in [0, 0.05) is 30.2 Å². The number of rotatable bonds is 4. The molecule has 1 unspecified atom stereocenters. The summed E-state index contributed by atoms with van der Waals surface area (Å²) in [7, 11) is 1.95. The molecule has 1 aromatic rings. The molecule has 0 saturated heterocycles. The fourth-order valence-electron chi connectivity index (χ4n) is 1.34. The number of anilines is 1. The van der Waals surface area contributed by atoms with E-state index in [2.05, 4.69) is 20.9 Å². The van der Waals surface area contributed by atoms with E-state index in [1.54, 1.807) is 6.20 Å². The summed E-state index contributed by atoms with van der Waals surface area (Å²) >= 11 is 3.42. The lowest BCUT2D eigenvalue weighted by molar-refractivity contribution is 0.722. The summed E-state index contributed by atoms with van der Waals surface area (Å²) in [6.07, 6.45) is 1.79. The Balaban J connectivity index is 2.76. The van der Waals surface area contributed by atoms with Crippen LogP contribution in [0.5, 0.6) is 0 Å². The van der Waals surface area contributed by atoms with Crippen molar-refractivity contribution >= 4 is 27.6 Å². The smallest absolute Gasteiger partial charge is 0.128 e. The molecule has 4 nitrogen and oxygen atoms in total. The monoisotopic (exact) mass is 284 g/mol. The second-order valence-corrected chi connectivity index (χ2v) is 4.88. The van der Waals surface area contributed by atoms with Crippen molar-refractivity contribution in [1.29, 1.82) is 5.41 Å². The van der Waals surface area contributed by atoms with Crippen LogP contribution < -0.4 is 10.6 Å². The predicted molar refractivity (Wildman–Crippen MR) is 71.0 cm³/mol. The molecule has 16 heavy (non-hydrogen) atoms. The van der Waals surface area contributed by atoms with Crippen molar-refractivity contribution in [1.82, 2.24) is 4.98 Å². The molecule has 0 aliphatic rings. The van der Waals surface area contributed by atoms with Crippen LogP contribution in [-0.2, 0) is 0 Å². The SMILES string of the molecule is Cc1cc(N(C)CC(C)C(=N)N)ncc1Br. The van der Waals surface area contributed by atoms with Crippen LogP contribution in [0.15, 0.2) is 16.7 Å². The summed E-state index contributed by atoms with van der Waals surface area (Å²) in [4.78, 5) is 6.32. The molecule has 1 rings (SSSR count). The van der Waals surface area contributed by atoms with E-state index in [9.17, 15) is 0 Å². The molecule has 0 aliphatic carbocycles. The van der Waals surface area contributed by atoms with E-state index in [0.717, 1.165) is 15.9 Å². The number of nitrogens with zero attached hydrogens (tertiary/aromatic N) is 2. The van der Waals surface area contributed by atoms with Gasteiger partial charge in [0.15, 0.2) is 0 Å². The van der Waals surface area contributed by atoms with E-state index in [0.29, 0.717) is 6.54 Å². The third-order valence-corrected chi connectivity index (χ3v) is 3.33. The maximum absolute atomic E-state index is 7.36. The number of nitrogens with one attached hydrogen (secondary N) is 1. The van der Waals surface area contributed by atoms with E-state index in [1.807, 2.05) is 31.9 Å². The molecule has 88 valence electrons. The highest BCUT2D eigenvalue weighted by atomic mass is 79.9. The quantitative estimate of drug-likeness (QED) is 0.658. The molecule has 5 heteroatoms. The number of hydrogen-bond acceptors (Lipinski definition) is 3. The third kappa shape index (κ3) is 3.20. The minimum Gasteiger partial charge on any atom is -0.387 e. The maximum atomic E-state index is 7.36. The van der Waals surface area contributed by atoms with Crippen molar-refractivity contribution < 1.29 is 0 Å². The Morgan fingerprint density at radius 3 is 2.81 bits per heavy atom. The van der Waals surface area contributed by atoms with Crippen LogP contribution in [0.2, 0.25) is 0 Å². The highest BCUT2D eigenvalue weighted by molar-refractivity contribution is 9.10. The first kappa shape index (κ1) is 13.0. The molecule has 0 amide bonds. The Morgan fingerprint density at radius 2 is 2.31 bits per heavy atom. The summed E-state index contributed by atoms with van der Waals surface area (Å²) in [6, 6.07) is 2.01. The van der Waals surface area contributed by atoms with E-state index in [4.69, 9.17) is 11.1 Å². The molecule has 0 bridgehead atoms. The van der Waals surface area contributed by atoms with Crippen LogP contribution in [0, 0.1) is 18.3 Å². The van der Waals surface area contributed by atoms with Crippen LogP contribution in [0.4, 0.5) is 5.82 Å². The first-order valence-electron chi connectivity index (χ1n) is 5.09. The minimum absolute atomic E-state index is 0.0377. The van der Waals surface area contributed by atoms with Crippen LogP contribution in [-0.4, -0.2) is 24.4 Å². The van der Waals surface area contributed by atoms with E-state index in [-0.39, 0.29) is 11.8 Å². The van der Waals surface area contributed by atoms with Gasteiger partial charge in [-0.1, -0.05) is 6.92 Å². The summed E-state index contributed by atoms with van der Waals surface area (Å²) in [6.45, 7) is 4.66. The van der Waals surface area contributed by atoms with Crippen LogP contribution in [0.1, 0.15) is 12.5 Å². The van der Waals surface area contributed by atoms with Gasteiger partial charge in [0.25, 0.3) is 0 Å². The van der Waals surface area contributed by atoms with Gasteiger partial charge in [-0.3, -0.25) is 5.41 Å². The van der Waals surface area contributed by atoms with Gasteiger partial charge in [-0.25, -0.2) is 4.98 Å². The number of nitrogens with two attached hydrogens (primary N) is 1. The standard InChI is InChI=1S/C11H17BrN4/c1-7-4-10(15-5-9(7)12)16(3)6-8(2)11(13)14/h4-5,8H,6H2,1-3H3,(H3,13,14). The number of aryl methyl sites for hydroxylation is 1. The Kier molecular flexibility index (Phi) is 4.29. The van der Waals surface area contributed by atoms with Crippen molar-refractivity contribution in [3.63, 3.8) is 0 Å². The molecule has 0 spiro atoms. The fraction of sp³-hybridized carbons (Fsp3) is 0.455. The summed E-state index contributed by atoms with van der Waals surface area (Å²) < 4.78 is 1.00. The summed E-state index contributed by atoms with van der Waals surface area (Å²) in [5.41, 5.74) is 6.59. The molecular weight excluding hydrogens is 268 g/mol. The molecular formula is C11H17BrN4. The molecule has 0 saturated carbocycles. The highest BCUT2D eigenvalue weighted by Gasteiger charge is 2.11. The van der Waals surface area contributed by atoms with Crippen molar-refractivity contribution in [2.45, 2.75) is 13.8 Å². The Labute approximate surface area is 104 Å². The van der Waals surface area contributed by atoms with Crippen LogP contribution in [0.3, 0.4) is 0 Å². The molecule has 0 aromatic carbocycles. The number of pyridine rings is 1. The zero-order valence-electron chi connectivity index (χ0n) is 9.79. The number of aromatic nitrogens is 1. The van der Waals surface area contributed by atoms with Gasteiger partial charge in [-0.2, -0.15) is 0 Å². The second kappa shape index (κ2) is 5.30. The van der Waals surface area contributed by atoms with Crippen molar-refractivity contribution in [2.24, 2.45) is 11.7 Å². The van der Waals surface area contributed by atoms with Gasteiger partial charge in [0.05, 0.1) is 5.84 Å². The van der Waals surface area contributed by atoms with E-state index in [1.165, 1.54) is 0 Å². The number of amidine groups is 1. The lowest BCUT2D eigenvalue weighted by Crippen LogP contribution is -2.32. The topological polar surface area (TPSA) is 66.0 Å². The zero-order valence-corrected chi connectivity index (χ0v) is 11.4. The zero-order chi connectivity index (χ0) is 12.3. The molecule has 1 aromatic heterocycles. The minimum atomic E-state index is 0.0377. The molecule has 0 radical (unpaired) electrons. The third-order valence-electron chi connectivity index (χ3n) is 2.50. The normalized spacial score (nSPS) is 12.2. The lowest BCUT2D eigenvalue weighted by Gasteiger charge is -2.22. The average molecular weight is 285 g/mol. The van der Waals surface area contributed by atoms with Gasteiger partial charge >= 0.3 is 0 Å². The average Bonchev–Trinajstić information content (AvgIpc) is 2.21. The van der Waals surface area contributed by atoms with Crippen LogP contribution >= 0.6 is 15.9 Å². The molecule has 3 N–H and O–H groups in total. The maximum Gasteiger partial charge on any atom is 0.128 e. The van der Waals surface area contributed by atoms with Gasteiger partial charge in [0.1, 0.15) is 5.82 Å². The first-order valence-corrected chi connectivity index (χ1v) is 5.88. The Hall–Kier alpha value is -1.10. The molecule has 0 aliphatic heterocycles. The largest absolute Gasteiger partial charge is 0.387 e. The molecule has 1 atom stereocenters. The van der Waals surface area contributed by atoms with Gasteiger partial charge in [0.2, 0.25) is 0 Å². The summed E-state index contributed by atoms with van der Waals surface area (Å²) in [5, 5.41) is 7.36. The number of hydrogen-bond donors (Lipinski definition) is 2. The van der Waals surface area contributed by atoms with Gasteiger partial charge < -0.3 is 10.6 Å². The molecule has 0 fully saturated rings. The van der Waals surface area contributed by atoms with Crippen molar-refractivity contribution in [3.8, 4) is 0 Å². The predicted octanol–water partition coefficient (Wildman–Crippen LogP) is 2.16. The summed E-state index contributed by atoms with van der Waals surface area (Å²) in [5.74, 6) is 1.14. The van der Waals surface area contributed by atoms with E-state index < -0.39 is 0 Å². The van der Waals surface area contributed by atoms with Crippen LogP contribution in [0.25, 0.3) is 0 Å². The van der Waals surface area contributed by atoms with Crippen molar-refractivity contribution in [2.75, 3.05) is 18.5 Å². The van der Waals surface area contributed by atoms with Crippen molar-refractivity contribution in [3.05, 3.63) is 22.3 Å². The highest BCUT2D eigenvalue weighted by Crippen LogP contribution is 2.19. The van der Waals surface area contributed by atoms with E-state index >= 15 is 0 Å². The van der Waals surface area contributed by atoms with Gasteiger partial charge in [-0.05, 0) is 34.5 Å². The fourth-order valence-corrected chi connectivity index (χ4v) is 1.55. The Bertz CT molecular complexity index is 392. The Morgan fingerprint density at radius 1 is 1.69 bits per heavy atom. The second-order valence-electron chi connectivity index (χ2n) is 4.03. The first-order chi connectivity index (χ1) is 7.41. The van der Waals surface area contributed by atoms with Gasteiger partial charge in [-0.15, -0.1) is 0 Å². The lowest BCUT2D eigenvalue weighted by atomic mass is 10.1. The molecule has 1 heterocycles. The number of halogens is 1.